The minimum absolute atomic E-state index is 0.0354. The summed E-state index contributed by atoms with van der Waals surface area (Å²) in [5.41, 5.74) is 2.37. The van der Waals surface area contributed by atoms with Gasteiger partial charge in [0, 0.05) is 12.1 Å². The third-order valence-electron chi connectivity index (χ3n) is 2.97. The van der Waals surface area contributed by atoms with E-state index in [-0.39, 0.29) is 6.04 Å². The molecule has 2 rings (SSSR count). The number of rotatable bonds is 5. The molecule has 0 bridgehead atoms. The van der Waals surface area contributed by atoms with Gasteiger partial charge in [0.1, 0.15) is 6.07 Å². The highest BCUT2D eigenvalue weighted by Crippen LogP contribution is 2.25. The van der Waals surface area contributed by atoms with E-state index in [4.69, 9.17) is 21.6 Å². The van der Waals surface area contributed by atoms with Gasteiger partial charge in [-0.1, -0.05) is 41.9 Å². The first-order valence-corrected chi connectivity index (χ1v) is 6.62. The Kier molecular flexibility index (Phi) is 5.00. The van der Waals surface area contributed by atoms with Crippen LogP contribution in [0.2, 0.25) is 5.02 Å². The van der Waals surface area contributed by atoms with Crippen molar-refractivity contribution in [2.24, 2.45) is 0 Å². The maximum absolute atomic E-state index is 9.16. The molecule has 2 aromatic carbocycles. The largest absolute Gasteiger partial charge is 0.382 e. The molecule has 0 amide bonds. The zero-order chi connectivity index (χ0) is 14.4. The fraction of sp³-hybridized carbons (Fsp3) is 0.188. The van der Waals surface area contributed by atoms with E-state index >= 15 is 0 Å². The van der Waals surface area contributed by atoms with Crippen LogP contribution >= 0.6 is 11.6 Å². The summed E-state index contributed by atoms with van der Waals surface area (Å²) in [5.74, 6) is 0. The molecule has 102 valence electrons. The zero-order valence-corrected chi connectivity index (χ0v) is 11.9. The van der Waals surface area contributed by atoms with Crippen LogP contribution in [0.3, 0.4) is 0 Å². The number of hydrogen-bond donors (Lipinski definition) is 1. The molecule has 0 saturated heterocycles. The highest BCUT2D eigenvalue weighted by Gasteiger charge is 2.13. The molecule has 1 unspecified atom stereocenters. The highest BCUT2D eigenvalue weighted by molar-refractivity contribution is 6.30. The number of hydrogen-bond acceptors (Lipinski definition) is 3. The van der Waals surface area contributed by atoms with Crippen LogP contribution in [0.5, 0.6) is 0 Å². The number of ether oxygens (including phenoxy) is 1. The molecule has 0 fully saturated rings. The molecular weight excluding hydrogens is 272 g/mol. The third-order valence-corrected chi connectivity index (χ3v) is 3.20. The third kappa shape index (κ3) is 3.51. The summed E-state index contributed by atoms with van der Waals surface area (Å²) in [6.07, 6.45) is 0. The Bertz CT molecular complexity index is 608. The van der Waals surface area contributed by atoms with Gasteiger partial charge in [0.2, 0.25) is 0 Å². The van der Waals surface area contributed by atoms with E-state index < -0.39 is 0 Å². The molecule has 0 heterocycles. The van der Waals surface area contributed by atoms with Crippen LogP contribution in [-0.4, -0.2) is 13.7 Å². The van der Waals surface area contributed by atoms with Crippen LogP contribution in [-0.2, 0) is 4.74 Å². The molecule has 0 aromatic heterocycles. The second kappa shape index (κ2) is 6.95. The van der Waals surface area contributed by atoms with Crippen LogP contribution < -0.4 is 5.32 Å². The minimum atomic E-state index is -0.0354. The molecule has 0 spiro atoms. The van der Waals surface area contributed by atoms with Crippen molar-refractivity contribution in [3.8, 4) is 6.07 Å². The van der Waals surface area contributed by atoms with Crippen molar-refractivity contribution in [1.82, 2.24) is 0 Å². The Hall–Kier alpha value is -2.02. The fourth-order valence-corrected chi connectivity index (χ4v) is 2.17. The van der Waals surface area contributed by atoms with Gasteiger partial charge < -0.3 is 10.1 Å². The van der Waals surface area contributed by atoms with E-state index in [0.29, 0.717) is 22.9 Å². The molecule has 0 aliphatic rings. The molecule has 0 saturated carbocycles. The van der Waals surface area contributed by atoms with Gasteiger partial charge >= 0.3 is 0 Å². The van der Waals surface area contributed by atoms with E-state index in [1.165, 1.54) is 0 Å². The van der Waals surface area contributed by atoms with Gasteiger partial charge in [0.05, 0.1) is 23.9 Å². The van der Waals surface area contributed by atoms with Crippen molar-refractivity contribution < 1.29 is 4.74 Å². The van der Waals surface area contributed by atoms with Crippen molar-refractivity contribution in [3.05, 3.63) is 64.7 Å². The quantitative estimate of drug-likeness (QED) is 0.903. The van der Waals surface area contributed by atoms with Crippen molar-refractivity contribution in [3.63, 3.8) is 0 Å². The van der Waals surface area contributed by atoms with Crippen LogP contribution in [0.15, 0.2) is 48.5 Å². The number of benzene rings is 2. The topological polar surface area (TPSA) is 45.0 Å². The van der Waals surface area contributed by atoms with Crippen molar-refractivity contribution in [2.75, 3.05) is 19.0 Å². The molecule has 1 atom stereocenters. The molecule has 3 nitrogen and oxygen atoms in total. The predicted molar refractivity (Wildman–Crippen MR) is 80.8 cm³/mol. The Labute approximate surface area is 123 Å². The lowest BCUT2D eigenvalue weighted by Gasteiger charge is -2.20. The van der Waals surface area contributed by atoms with Gasteiger partial charge in [-0.15, -0.1) is 0 Å². The average Bonchev–Trinajstić information content (AvgIpc) is 2.48. The smallest absolute Gasteiger partial charge is 0.101 e. The maximum Gasteiger partial charge on any atom is 0.101 e. The molecular formula is C16H15ClN2O. The second-order valence-corrected chi connectivity index (χ2v) is 4.80. The Morgan fingerprint density at radius 3 is 2.65 bits per heavy atom. The average molecular weight is 287 g/mol. The van der Waals surface area contributed by atoms with E-state index in [1.54, 1.807) is 25.3 Å². The standard InChI is InChI=1S/C16H15ClN2O/c1-20-11-16(12-5-3-2-4-6-12)19-15-9-14(17)8-7-13(15)10-18/h2-9,16,19H,11H2,1H3. The summed E-state index contributed by atoms with van der Waals surface area (Å²) >= 11 is 6.00. The van der Waals surface area contributed by atoms with E-state index in [2.05, 4.69) is 11.4 Å². The zero-order valence-electron chi connectivity index (χ0n) is 11.1. The van der Waals surface area contributed by atoms with Crippen LogP contribution in [0.4, 0.5) is 5.69 Å². The first-order valence-electron chi connectivity index (χ1n) is 6.24. The first-order chi connectivity index (χ1) is 9.74. The molecule has 2 aromatic rings. The molecule has 4 heteroatoms. The summed E-state index contributed by atoms with van der Waals surface area (Å²) in [6.45, 7) is 0.501. The lowest BCUT2D eigenvalue weighted by molar-refractivity contribution is 0.186. The van der Waals surface area contributed by atoms with Gasteiger partial charge in [0.25, 0.3) is 0 Å². The number of nitrogens with one attached hydrogen (secondary N) is 1. The predicted octanol–water partition coefficient (Wildman–Crippen LogP) is 4.01. The molecule has 0 aliphatic carbocycles. The minimum Gasteiger partial charge on any atom is -0.382 e. The van der Waals surface area contributed by atoms with Gasteiger partial charge in [-0.3, -0.25) is 0 Å². The van der Waals surface area contributed by atoms with Gasteiger partial charge in [0.15, 0.2) is 0 Å². The number of nitrogens with zero attached hydrogens (tertiary/aromatic N) is 1. The summed E-state index contributed by atoms with van der Waals surface area (Å²) < 4.78 is 5.26. The van der Waals surface area contributed by atoms with Crippen LogP contribution in [0, 0.1) is 11.3 Å². The summed E-state index contributed by atoms with van der Waals surface area (Å²) in [6, 6.07) is 17.3. The molecule has 0 aliphatic heterocycles. The molecule has 0 radical (unpaired) electrons. The lowest BCUT2D eigenvalue weighted by atomic mass is 10.1. The Balaban J connectivity index is 2.29. The second-order valence-electron chi connectivity index (χ2n) is 4.36. The van der Waals surface area contributed by atoms with Crippen LogP contribution in [0.25, 0.3) is 0 Å². The summed E-state index contributed by atoms with van der Waals surface area (Å²) in [4.78, 5) is 0. The van der Waals surface area contributed by atoms with E-state index in [0.717, 1.165) is 5.56 Å². The van der Waals surface area contributed by atoms with E-state index in [9.17, 15) is 0 Å². The number of anilines is 1. The highest BCUT2D eigenvalue weighted by atomic mass is 35.5. The summed E-state index contributed by atoms with van der Waals surface area (Å²) in [5, 5.41) is 13.1. The molecule has 20 heavy (non-hydrogen) atoms. The van der Waals surface area contributed by atoms with E-state index in [1.807, 2.05) is 30.3 Å². The Morgan fingerprint density at radius 2 is 2.00 bits per heavy atom. The van der Waals surface area contributed by atoms with Crippen LogP contribution in [0.1, 0.15) is 17.2 Å². The molecule has 1 N–H and O–H groups in total. The van der Waals surface area contributed by atoms with Gasteiger partial charge in [-0.2, -0.15) is 5.26 Å². The van der Waals surface area contributed by atoms with Gasteiger partial charge in [-0.25, -0.2) is 0 Å². The SMILES string of the molecule is COCC(Nc1cc(Cl)ccc1C#N)c1ccccc1. The monoisotopic (exact) mass is 286 g/mol. The fourth-order valence-electron chi connectivity index (χ4n) is 1.99. The number of nitriles is 1. The number of methoxy groups -OCH3 is 1. The van der Waals surface area contributed by atoms with Gasteiger partial charge in [-0.05, 0) is 23.8 Å². The van der Waals surface area contributed by atoms with Crippen molar-refractivity contribution >= 4 is 17.3 Å². The summed E-state index contributed by atoms with van der Waals surface area (Å²) in [7, 11) is 1.65. The van der Waals surface area contributed by atoms with Crippen molar-refractivity contribution in [2.45, 2.75) is 6.04 Å². The maximum atomic E-state index is 9.16. The lowest BCUT2D eigenvalue weighted by Crippen LogP contribution is -2.16. The van der Waals surface area contributed by atoms with Crippen molar-refractivity contribution in [1.29, 1.82) is 5.26 Å². The number of halogens is 1. The normalized spacial score (nSPS) is 11.7. The first kappa shape index (κ1) is 14.4. The Morgan fingerprint density at radius 1 is 1.25 bits per heavy atom.